The molecule has 0 radical (unpaired) electrons. The molecule has 0 spiro atoms. The van der Waals surface area contributed by atoms with Gasteiger partial charge in [0, 0.05) is 23.4 Å². The maximum Gasteiger partial charge on any atom is 0.162 e. The number of nitrogens with two attached hydrogens (primary N) is 1. The number of rotatable bonds is 6. The topological polar surface area (TPSA) is 79.3 Å². The van der Waals surface area contributed by atoms with Gasteiger partial charge in [0.25, 0.3) is 0 Å². The Balaban J connectivity index is 1.64. The molecule has 0 saturated heterocycles. The molecule has 5 nitrogen and oxygen atoms in total. The number of hydrogen-bond donors (Lipinski definition) is 1. The molecular formula is C35H35ClFN3O2. The second kappa shape index (κ2) is 11.3. The second-order valence-electron chi connectivity index (χ2n) is 12.0. The lowest BCUT2D eigenvalue weighted by Crippen LogP contribution is -2.42. The van der Waals surface area contributed by atoms with Crippen LogP contribution in [0.25, 0.3) is 0 Å². The molecule has 1 unspecified atom stereocenters. The van der Waals surface area contributed by atoms with Gasteiger partial charge in [-0.1, -0.05) is 56.6 Å². The first-order valence-corrected chi connectivity index (χ1v) is 14.5. The molecule has 1 heterocycles. The monoisotopic (exact) mass is 583 g/mol. The van der Waals surface area contributed by atoms with Gasteiger partial charge in [0.05, 0.1) is 22.6 Å². The van der Waals surface area contributed by atoms with E-state index in [-0.39, 0.29) is 22.8 Å². The van der Waals surface area contributed by atoms with Crippen molar-refractivity contribution in [2.75, 3.05) is 4.90 Å². The summed E-state index contributed by atoms with van der Waals surface area (Å²) in [6, 6.07) is 18.6. The molecule has 3 aromatic rings. The van der Waals surface area contributed by atoms with E-state index in [0.29, 0.717) is 35.6 Å². The lowest BCUT2D eigenvalue weighted by atomic mass is 9.68. The van der Waals surface area contributed by atoms with Gasteiger partial charge in [-0.05, 0) is 90.3 Å². The van der Waals surface area contributed by atoms with Gasteiger partial charge in [0.1, 0.15) is 24.0 Å². The minimum Gasteiger partial charge on any atom is -0.487 e. The van der Waals surface area contributed by atoms with Gasteiger partial charge in [-0.3, -0.25) is 9.69 Å². The predicted octanol–water partition coefficient (Wildman–Crippen LogP) is 8.18. The van der Waals surface area contributed by atoms with Crippen LogP contribution in [0.3, 0.4) is 0 Å². The maximum absolute atomic E-state index is 14.0. The average molecular weight is 584 g/mol. The van der Waals surface area contributed by atoms with Crippen LogP contribution in [0, 0.1) is 36.4 Å². The summed E-state index contributed by atoms with van der Waals surface area (Å²) < 4.78 is 19.5. The molecule has 2 aliphatic rings. The number of carbonyl (C=O) groups is 1. The minimum atomic E-state index is -0.603. The third-order valence-corrected chi connectivity index (χ3v) is 8.59. The largest absolute Gasteiger partial charge is 0.487 e. The third kappa shape index (κ3) is 5.42. The highest BCUT2D eigenvalue weighted by Gasteiger charge is 2.45. The summed E-state index contributed by atoms with van der Waals surface area (Å²) in [5.41, 5.74) is 14.1. The molecule has 0 bridgehead atoms. The van der Waals surface area contributed by atoms with Crippen LogP contribution in [0.15, 0.2) is 77.3 Å². The zero-order chi connectivity index (χ0) is 30.3. The molecule has 2 N–H and O–H groups in total. The lowest BCUT2D eigenvalue weighted by molar-refractivity contribution is -0.118. The molecule has 0 fully saturated rings. The molecular weight excluding hydrogens is 549 g/mol. The number of nitriles is 1. The number of nitrogens with zero attached hydrogens (tertiary/aromatic N) is 2. The van der Waals surface area contributed by atoms with Gasteiger partial charge >= 0.3 is 0 Å². The van der Waals surface area contributed by atoms with E-state index in [1.807, 2.05) is 43.0 Å². The summed E-state index contributed by atoms with van der Waals surface area (Å²) in [6.45, 7) is 10.4. The standard InChI is InChI=1S/C35H35ClFN3O2/c1-6-22-7-10-25(11-8-22)40-29-16-35(4,5)17-30(41)33(29)32(27(18-38)34(40)39)26-14-23(20(2)13-21(26)3)19-42-31-12-9-24(37)15-28(31)36/h7-15,32H,6,16-17,19,39H2,1-5H3. The van der Waals surface area contributed by atoms with Crippen molar-refractivity contribution in [1.29, 1.82) is 5.26 Å². The Labute approximate surface area is 252 Å². The number of anilines is 1. The van der Waals surface area contributed by atoms with Crippen molar-refractivity contribution in [3.63, 3.8) is 0 Å². The molecule has 3 aromatic carbocycles. The molecule has 216 valence electrons. The molecule has 1 atom stereocenters. The summed E-state index contributed by atoms with van der Waals surface area (Å²) in [6.07, 6.45) is 1.93. The summed E-state index contributed by atoms with van der Waals surface area (Å²) in [4.78, 5) is 15.9. The third-order valence-electron chi connectivity index (χ3n) is 8.30. The van der Waals surface area contributed by atoms with E-state index < -0.39 is 11.7 Å². The number of ketones is 1. The van der Waals surface area contributed by atoms with Crippen LogP contribution in [-0.4, -0.2) is 5.78 Å². The molecule has 0 amide bonds. The van der Waals surface area contributed by atoms with Crippen molar-refractivity contribution in [2.24, 2.45) is 11.1 Å². The van der Waals surface area contributed by atoms with E-state index in [1.54, 1.807) is 0 Å². The molecule has 0 aromatic heterocycles. The molecule has 0 saturated carbocycles. The highest BCUT2D eigenvalue weighted by Crippen LogP contribution is 2.51. The first-order chi connectivity index (χ1) is 19.9. The SMILES string of the molecule is CCc1ccc(N2C(N)=C(C#N)C(c3cc(COc4ccc(F)cc4Cl)c(C)cc3C)C3=C2CC(C)(C)CC3=O)cc1. The van der Waals surface area contributed by atoms with E-state index in [9.17, 15) is 14.4 Å². The summed E-state index contributed by atoms with van der Waals surface area (Å²) in [5.74, 6) is -0.303. The fourth-order valence-electron chi connectivity index (χ4n) is 6.13. The Kier molecular flexibility index (Phi) is 7.92. The smallest absolute Gasteiger partial charge is 0.162 e. The van der Waals surface area contributed by atoms with E-state index in [0.717, 1.165) is 40.1 Å². The Morgan fingerprint density at radius 1 is 1.10 bits per heavy atom. The van der Waals surface area contributed by atoms with Crippen molar-refractivity contribution in [3.05, 3.63) is 116 Å². The van der Waals surface area contributed by atoms with E-state index in [1.165, 1.54) is 23.8 Å². The van der Waals surface area contributed by atoms with Gasteiger partial charge in [-0.15, -0.1) is 0 Å². The van der Waals surface area contributed by atoms with Gasteiger partial charge in [0.2, 0.25) is 0 Å². The Bertz CT molecular complexity index is 1680. The number of hydrogen-bond acceptors (Lipinski definition) is 5. The van der Waals surface area contributed by atoms with Gasteiger partial charge in [0.15, 0.2) is 5.78 Å². The van der Waals surface area contributed by atoms with Crippen LogP contribution < -0.4 is 15.4 Å². The zero-order valence-corrected chi connectivity index (χ0v) is 25.4. The predicted molar refractivity (Wildman–Crippen MR) is 165 cm³/mol. The number of halogens is 2. The lowest BCUT2D eigenvalue weighted by Gasteiger charge is -2.44. The number of ether oxygens (including phenoxy) is 1. The van der Waals surface area contributed by atoms with Gasteiger partial charge in [-0.25, -0.2) is 4.39 Å². The Morgan fingerprint density at radius 3 is 2.45 bits per heavy atom. The highest BCUT2D eigenvalue weighted by atomic mass is 35.5. The van der Waals surface area contributed by atoms with Crippen molar-refractivity contribution in [3.8, 4) is 11.8 Å². The number of allylic oxidation sites excluding steroid dienone is 3. The van der Waals surface area contributed by atoms with Crippen molar-refractivity contribution < 1.29 is 13.9 Å². The first-order valence-electron chi connectivity index (χ1n) is 14.2. The molecule has 1 aliphatic carbocycles. The normalized spacial score (nSPS) is 18.2. The van der Waals surface area contributed by atoms with Gasteiger partial charge < -0.3 is 10.5 Å². The zero-order valence-electron chi connectivity index (χ0n) is 24.6. The fraction of sp³-hybridized carbons (Fsp3) is 0.314. The van der Waals surface area contributed by atoms with Crippen molar-refractivity contribution in [2.45, 2.75) is 66.4 Å². The Hall–Kier alpha value is -4.08. The van der Waals surface area contributed by atoms with Crippen LogP contribution in [0.4, 0.5) is 10.1 Å². The number of aryl methyl sites for hydroxylation is 3. The Morgan fingerprint density at radius 2 is 1.81 bits per heavy atom. The van der Waals surface area contributed by atoms with Crippen LogP contribution in [0.1, 0.15) is 67.3 Å². The van der Waals surface area contributed by atoms with Crippen molar-refractivity contribution >= 4 is 23.1 Å². The van der Waals surface area contributed by atoms with E-state index in [4.69, 9.17) is 22.1 Å². The molecule has 42 heavy (non-hydrogen) atoms. The number of carbonyl (C=O) groups excluding carboxylic acids is 1. The summed E-state index contributed by atoms with van der Waals surface area (Å²) >= 11 is 6.19. The molecule has 7 heteroatoms. The molecule has 5 rings (SSSR count). The fourth-order valence-corrected chi connectivity index (χ4v) is 6.35. The van der Waals surface area contributed by atoms with Crippen molar-refractivity contribution in [1.82, 2.24) is 0 Å². The number of Topliss-reactive ketones (excluding diaryl/α,β-unsaturated/α-hetero) is 1. The minimum absolute atomic E-state index is 0.0255. The van der Waals surface area contributed by atoms with Gasteiger partial charge in [-0.2, -0.15) is 5.26 Å². The number of benzene rings is 3. The first kappa shape index (κ1) is 29.4. The van der Waals surface area contributed by atoms with Crippen LogP contribution in [0.2, 0.25) is 5.02 Å². The van der Waals surface area contributed by atoms with Crippen LogP contribution in [0.5, 0.6) is 5.75 Å². The second-order valence-corrected chi connectivity index (χ2v) is 12.4. The van der Waals surface area contributed by atoms with E-state index in [2.05, 4.69) is 39.0 Å². The highest BCUT2D eigenvalue weighted by molar-refractivity contribution is 6.32. The summed E-state index contributed by atoms with van der Waals surface area (Å²) in [7, 11) is 0. The van der Waals surface area contributed by atoms with E-state index >= 15 is 0 Å². The maximum atomic E-state index is 14.0. The quantitative estimate of drug-likeness (QED) is 0.316. The molecule has 1 aliphatic heterocycles. The van der Waals surface area contributed by atoms with Crippen LogP contribution in [-0.2, 0) is 17.8 Å². The average Bonchev–Trinajstić information content (AvgIpc) is 2.92. The van der Waals surface area contributed by atoms with Crippen LogP contribution >= 0.6 is 11.6 Å². The summed E-state index contributed by atoms with van der Waals surface area (Å²) in [5, 5.41) is 10.7.